The average molecular weight is 503 g/mol. The van der Waals surface area contributed by atoms with Crippen LogP contribution in [0.25, 0.3) is 50.1 Å². The zero-order chi connectivity index (χ0) is 26.5. The summed E-state index contributed by atoms with van der Waals surface area (Å²) in [6.45, 7) is 9.33. The van der Waals surface area contributed by atoms with Crippen molar-refractivity contribution >= 4 is 10.9 Å². The van der Waals surface area contributed by atoms with Crippen molar-refractivity contribution in [2.75, 3.05) is 0 Å². The Kier molecular flexibility index (Phi) is 4.38. The van der Waals surface area contributed by atoms with Crippen molar-refractivity contribution in [3.8, 4) is 39.2 Å². The third-order valence-corrected chi connectivity index (χ3v) is 9.23. The maximum Gasteiger partial charge on any atom is 0.137 e. The van der Waals surface area contributed by atoms with Gasteiger partial charge in [-0.15, -0.1) is 0 Å². The second kappa shape index (κ2) is 7.57. The number of hydrogen-bond donors (Lipinski definition) is 0. The van der Waals surface area contributed by atoms with E-state index < -0.39 is 0 Å². The molecule has 0 amide bonds. The number of benzene rings is 4. The van der Waals surface area contributed by atoms with Gasteiger partial charge in [0.1, 0.15) is 5.82 Å². The highest BCUT2D eigenvalue weighted by atomic mass is 15.1. The standard InChI is InChI=1S/C37H30N2/c1-36(2)29-14-8-5-11-25(29)28-21-23(17-19-31(28)36)24-18-20-33(38-22-24)39-32-16-10-7-13-27(32)34-26-12-6-9-15-30(26)37(3,4)35(34)39/h5-22H,1-4H3. The van der Waals surface area contributed by atoms with E-state index in [-0.39, 0.29) is 10.8 Å². The van der Waals surface area contributed by atoms with Crippen molar-refractivity contribution in [2.45, 2.75) is 38.5 Å². The highest BCUT2D eigenvalue weighted by molar-refractivity contribution is 6.03. The summed E-state index contributed by atoms with van der Waals surface area (Å²) in [4.78, 5) is 5.08. The van der Waals surface area contributed by atoms with Crippen LogP contribution in [0.1, 0.15) is 50.1 Å². The second-order valence-electron chi connectivity index (χ2n) is 12.1. The number of fused-ring (bicyclic) bond motifs is 8. The molecule has 0 unspecified atom stereocenters. The molecule has 188 valence electrons. The lowest BCUT2D eigenvalue weighted by molar-refractivity contribution is 0.621. The van der Waals surface area contributed by atoms with Gasteiger partial charge in [-0.2, -0.15) is 0 Å². The number of aromatic nitrogens is 2. The number of pyridine rings is 1. The fourth-order valence-corrected chi connectivity index (χ4v) is 7.30. The van der Waals surface area contributed by atoms with E-state index in [2.05, 4.69) is 135 Å². The van der Waals surface area contributed by atoms with Crippen LogP contribution in [0.15, 0.2) is 109 Å². The van der Waals surface area contributed by atoms with Gasteiger partial charge in [-0.25, -0.2) is 4.98 Å². The van der Waals surface area contributed by atoms with Gasteiger partial charge in [-0.3, -0.25) is 4.57 Å². The van der Waals surface area contributed by atoms with Crippen LogP contribution in [-0.4, -0.2) is 9.55 Å². The number of nitrogens with zero attached hydrogens (tertiary/aromatic N) is 2. The molecule has 0 bridgehead atoms. The van der Waals surface area contributed by atoms with Gasteiger partial charge in [0.05, 0.1) is 5.52 Å². The molecule has 2 aliphatic rings. The fraction of sp³-hybridized carbons (Fsp3) is 0.162. The lowest BCUT2D eigenvalue weighted by Crippen LogP contribution is -2.20. The van der Waals surface area contributed by atoms with Gasteiger partial charge in [0.25, 0.3) is 0 Å². The van der Waals surface area contributed by atoms with E-state index in [1.54, 1.807) is 0 Å². The van der Waals surface area contributed by atoms with E-state index in [0.29, 0.717) is 0 Å². The van der Waals surface area contributed by atoms with Crippen LogP contribution >= 0.6 is 0 Å². The Labute approximate surface area is 229 Å². The van der Waals surface area contributed by atoms with Gasteiger partial charge in [0.2, 0.25) is 0 Å². The highest BCUT2D eigenvalue weighted by Gasteiger charge is 2.41. The van der Waals surface area contributed by atoms with Crippen LogP contribution in [0, 0.1) is 0 Å². The molecule has 39 heavy (non-hydrogen) atoms. The average Bonchev–Trinajstić information content (AvgIpc) is 3.52. The second-order valence-corrected chi connectivity index (χ2v) is 12.1. The summed E-state index contributed by atoms with van der Waals surface area (Å²) in [5.74, 6) is 0.963. The summed E-state index contributed by atoms with van der Waals surface area (Å²) in [6, 6.07) is 37.7. The van der Waals surface area contributed by atoms with Crippen LogP contribution in [0.5, 0.6) is 0 Å². The van der Waals surface area contributed by atoms with Crippen molar-refractivity contribution in [3.63, 3.8) is 0 Å². The summed E-state index contributed by atoms with van der Waals surface area (Å²) in [5.41, 5.74) is 14.3. The van der Waals surface area contributed by atoms with Crippen LogP contribution in [-0.2, 0) is 10.8 Å². The molecule has 2 aliphatic carbocycles. The van der Waals surface area contributed by atoms with E-state index in [1.807, 2.05) is 6.20 Å². The Bertz CT molecular complexity index is 1950. The Morgan fingerprint density at radius 3 is 1.97 bits per heavy atom. The summed E-state index contributed by atoms with van der Waals surface area (Å²) in [7, 11) is 0. The molecule has 2 nitrogen and oxygen atoms in total. The molecule has 4 aromatic carbocycles. The smallest absolute Gasteiger partial charge is 0.137 e. The molecule has 0 fully saturated rings. The van der Waals surface area contributed by atoms with Gasteiger partial charge >= 0.3 is 0 Å². The number of para-hydroxylation sites is 1. The first-order valence-corrected chi connectivity index (χ1v) is 13.8. The first-order valence-electron chi connectivity index (χ1n) is 13.8. The van der Waals surface area contributed by atoms with Gasteiger partial charge < -0.3 is 0 Å². The Hall–Kier alpha value is -4.43. The maximum absolute atomic E-state index is 5.08. The SMILES string of the molecule is CC1(C)c2ccccc2-c2cc(-c3ccc(-n4c5c(c6ccccc64)-c4ccccc4C5(C)C)nc3)ccc21. The number of hydrogen-bond acceptors (Lipinski definition) is 1. The summed E-state index contributed by atoms with van der Waals surface area (Å²) in [6.07, 6.45) is 2.04. The highest BCUT2D eigenvalue weighted by Crippen LogP contribution is 2.53. The molecule has 0 atom stereocenters. The maximum atomic E-state index is 5.08. The minimum Gasteiger partial charge on any atom is -0.297 e. The summed E-state index contributed by atoms with van der Waals surface area (Å²) < 4.78 is 2.38. The quantitative estimate of drug-likeness (QED) is 0.231. The summed E-state index contributed by atoms with van der Waals surface area (Å²) >= 11 is 0. The molecule has 2 heterocycles. The molecule has 0 spiro atoms. The van der Waals surface area contributed by atoms with E-state index in [1.165, 1.54) is 61.1 Å². The van der Waals surface area contributed by atoms with Crippen LogP contribution in [0.3, 0.4) is 0 Å². The number of rotatable bonds is 2. The van der Waals surface area contributed by atoms with E-state index >= 15 is 0 Å². The largest absolute Gasteiger partial charge is 0.297 e. The zero-order valence-corrected chi connectivity index (χ0v) is 22.8. The van der Waals surface area contributed by atoms with Crippen LogP contribution in [0.4, 0.5) is 0 Å². The minimum atomic E-state index is -0.120. The van der Waals surface area contributed by atoms with Gasteiger partial charge in [0, 0.05) is 39.2 Å². The van der Waals surface area contributed by atoms with Gasteiger partial charge in [0.15, 0.2) is 0 Å². The Morgan fingerprint density at radius 1 is 0.564 bits per heavy atom. The monoisotopic (exact) mass is 502 g/mol. The van der Waals surface area contributed by atoms with Crippen LogP contribution < -0.4 is 0 Å². The lowest BCUT2D eigenvalue weighted by Gasteiger charge is -2.24. The van der Waals surface area contributed by atoms with Gasteiger partial charge in [-0.05, 0) is 63.2 Å². The molecule has 2 heteroatoms. The molecule has 2 aromatic heterocycles. The first kappa shape index (κ1) is 22.5. The Morgan fingerprint density at radius 2 is 1.21 bits per heavy atom. The van der Waals surface area contributed by atoms with Crippen molar-refractivity contribution in [1.29, 1.82) is 0 Å². The van der Waals surface area contributed by atoms with E-state index in [0.717, 1.165) is 11.4 Å². The van der Waals surface area contributed by atoms with Crippen molar-refractivity contribution < 1.29 is 0 Å². The molecule has 0 saturated heterocycles. The molecule has 8 rings (SSSR count). The fourth-order valence-electron chi connectivity index (χ4n) is 7.30. The zero-order valence-electron chi connectivity index (χ0n) is 22.8. The lowest BCUT2D eigenvalue weighted by atomic mass is 9.82. The third-order valence-electron chi connectivity index (χ3n) is 9.23. The molecule has 0 radical (unpaired) electrons. The first-order chi connectivity index (χ1) is 18.9. The minimum absolute atomic E-state index is 0.0206. The van der Waals surface area contributed by atoms with Crippen molar-refractivity contribution in [1.82, 2.24) is 9.55 Å². The predicted octanol–water partition coefficient (Wildman–Crippen LogP) is 9.31. The van der Waals surface area contributed by atoms with Crippen LogP contribution in [0.2, 0.25) is 0 Å². The molecule has 0 aliphatic heterocycles. The molecular weight excluding hydrogens is 472 g/mol. The normalized spacial score (nSPS) is 15.6. The predicted molar refractivity (Wildman–Crippen MR) is 162 cm³/mol. The van der Waals surface area contributed by atoms with E-state index in [4.69, 9.17) is 4.98 Å². The molecule has 0 N–H and O–H groups in total. The van der Waals surface area contributed by atoms with Crippen molar-refractivity contribution in [3.05, 3.63) is 132 Å². The van der Waals surface area contributed by atoms with Gasteiger partial charge in [-0.1, -0.05) is 107 Å². The molecular formula is C37H30N2. The third kappa shape index (κ3) is 2.89. The molecule has 0 saturated carbocycles. The summed E-state index contributed by atoms with van der Waals surface area (Å²) in [5, 5.41) is 1.29. The Balaban J connectivity index is 1.27. The van der Waals surface area contributed by atoms with E-state index in [9.17, 15) is 0 Å². The topological polar surface area (TPSA) is 17.8 Å². The van der Waals surface area contributed by atoms with Crippen molar-refractivity contribution in [2.24, 2.45) is 0 Å². The molecule has 6 aromatic rings.